The Labute approximate surface area is 170 Å². The Bertz CT molecular complexity index is 800. The van der Waals surface area contributed by atoms with Crippen molar-refractivity contribution in [3.8, 4) is 0 Å². The number of rotatable bonds is 7. The number of morpholine rings is 1. The van der Waals surface area contributed by atoms with Gasteiger partial charge < -0.3 is 20.1 Å². The molecule has 1 aromatic carbocycles. The lowest BCUT2D eigenvalue weighted by Crippen LogP contribution is -2.43. The highest BCUT2D eigenvalue weighted by Gasteiger charge is 2.26. The Morgan fingerprint density at radius 2 is 1.72 bits per heavy atom. The summed E-state index contributed by atoms with van der Waals surface area (Å²) in [5.74, 6) is -1.36. The van der Waals surface area contributed by atoms with Gasteiger partial charge in [0.05, 0.1) is 24.2 Å². The Balaban J connectivity index is 1.42. The van der Waals surface area contributed by atoms with Crippen LogP contribution in [0.2, 0.25) is 0 Å². The van der Waals surface area contributed by atoms with E-state index >= 15 is 0 Å². The van der Waals surface area contributed by atoms with Gasteiger partial charge in [-0.15, -0.1) is 0 Å². The minimum Gasteiger partial charge on any atom is -0.379 e. The molecule has 2 N–H and O–H groups in total. The van der Waals surface area contributed by atoms with Crippen molar-refractivity contribution < 1.29 is 27.5 Å². The molecule has 0 bridgehead atoms. The van der Waals surface area contributed by atoms with Crippen molar-refractivity contribution in [3.05, 3.63) is 29.8 Å². The molecule has 10 heteroatoms. The Hall–Kier alpha value is -2.01. The van der Waals surface area contributed by atoms with Crippen LogP contribution in [0.25, 0.3) is 0 Å². The first-order chi connectivity index (χ1) is 14.0. The summed E-state index contributed by atoms with van der Waals surface area (Å²) >= 11 is 0. The van der Waals surface area contributed by atoms with Crippen molar-refractivity contribution in [2.45, 2.75) is 30.3 Å². The molecule has 3 rings (SSSR count). The number of amides is 2. The van der Waals surface area contributed by atoms with Crippen LogP contribution in [0.15, 0.2) is 29.2 Å². The number of benzene rings is 1. The molecule has 2 aliphatic rings. The number of nitrogens with one attached hydrogen (secondary N) is 2. The molecule has 0 radical (unpaired) electrons. The fourth-order valence-electron chi connectivity index (χ4n) is 3.26. The molecule has 0 unspecified atom stereocenters. The van der Waals surface area contributed by atoms with E-state index < -0.39 is 21.8 Å². The molecule has 1 aromatic rings. The van der Waals surface area contributed by atoms with Crippen LogP contribution in [0.5, 0.6) is 0 Å². The van der Waals surface area contributed by atoms with E-state index in [0.717, 1.165) is 18.4 Å². The maximum absolute atomic E-state index is 12.6. The van der Waals surface area contributed by atoms with Gasteiger partial charge in [-0.05, 0) is 37.0 Å². The second kappa shape index (κ2) is 10.1. The molecule has 0 aromatic heterocycles. The fraction of sp³-hybridized carbons (Fsp3) is 0.579. The van der Waals surface area contributed by atoms with Gasteiger partial charge >= 0.3 is 11.8 Å². The van der Waals surface area contributed by atoms with E-state index in [1.165, 1.54) is 4.31 Å². The van der Waals surface area contributed by atoms with Crippen molar-refractivity contribution >= 4 is 21.8 Å². The van der Waals surface area contributed by atoms with Crippen molar-refractivity contribution in [1.29, 1.82) is 0 Å². The number of hydrogen-bond acceptors (Lipinski definition) is 6. The van der Waals surface area contributed by atoms with E-state index in [4.69, 9.17) is 9.47 Å². The van der Waals surface area contributed by atoms with Crippen molar-refractivity contribution in [1.82, 2.24) is 14.9 Å². The molecule has 2 saturated heterocycles. The summed E-state index contributed by atoms with van der Waals surface area (Å²) in [5.41, 5.74) is 0.867. The molecule has 0 aliphatic carbocycles. The predicted octanol–water partition coefficient (Wildman–Crippen LogP) is -0.339. The predicted molar refractivity (Wildman–Crippen MR) is 105 cm³/mol. The average Bonchev–Trinajstić information content (AvgIpc) is 3.26. The van der Waals surface area contributed by atoms with Gasteiger partial charge in [0, 0.05) is 32.8 Å². The van der Waals surface area contributed by atoms with Gasteiger partial charge in [0.25, 0.3) is 0 Å². The summed E-state index contributed by atoms with van der Waals surface area (Å²) in [4.78, 5) is 23.9. The third kappa shape index (κ3) is 5.99. The quantitative estimate of drug-likeness (QED) is 0.578. The summed E-state index contributed by atoms with van der Waals surface area (Å²) in [5, 5.41) is 5.14. The smallest absolute Gasteiger partial charge is 0.309 e. The van der Waals surface area contributed by atoms with Gasteiger partial charge in [0.1, 0.15) is 0 Å². The molecule has 0 saturated carbocycles. The first-order valence-corrected chi connectivity index (χ1v) is 11.3. The molecule has 0 spiro atoms. The topological polar surface area (TPSA) is 114 Å². The minimum atomic E-state index is -3.52. The number of sulfonamides is 1. The van der Waals surface area contributed by atoms with Gasteiger partial charge in [-0.2, -0.15) is 4.31 Å². The van der Waals surface area contributed by atoms with Crippen LogP contribution in [0.3, 0.4) is 0 Å². The van der Waals surface area contributed by atoms with Gasteiger partial charge in [-0.25, -0.2) is 8.42 Å². The molecular formula is C19H27N3O6S. The second-order valence-corrected chi connectivity index (χ2v) is 8.95. The van der Waals surface area contributed by atoms with E-state index in [1.807, 2.05) is 0 Å². The van der Waals surface area contributed by atoms with E-state index in [-0.39, 0.29) is 17.5 Å². The van der Waals surface area contributed by atoms with E-state index in [0.29, 0.717) is 45.9 Å². The first kappa shape index (κ1) is 21.7. The Morgan fingerprint density at radius 3 is 2.38 bits per heavy atom. The van der Waals surface area contributed by atoms with Crippen molar-refractivity contribution in [3.63, 3.8) is 0 Å². The van der Waals surface area contributed by atoms with E-state index in [1.54, 1.807) is 24.3 Å². The van der Waals surface area contributed by atoms with Crippen LogP contribution in [0.4, 0.5) is 0 Å². The Morgan fingerprint density at radius 1 is 1.03 bits per heavy atom. The van der Waals surface area contributed by atoms with E-state index in [9.17, 15) is 18.0 Å². The molecule has 29 heavy (non-hydrogen) atoms. The summed E-state index contributed by atoms with van der Waals surface area (Å²) in [6.07, 6.45) is 2.33. The summed E-state index contributed by atoms with van der Waals surface area (Å²) in [7, 11) is -3.52. The molecule has 2 heterocycles. The number of carbonyl (C=O) groups excluding carboxylic acids is 2. The van der Waals surface area contributed by atoms with E-state index in [2.05, 4.69) is 10.6 Å². The normalized spacial score (nSPS) is 20.3. The van der Waals surface area contributed by atoms with Crippen LogP contribution >= 0.6 is 0 Å². The lowest BCUT2D eigenvalue weighted by atomic mass is 10.1. The third-order valence-electron chi connectivity index (χ3n) is 4.95. The summed E-state index contributed by atoms with van der Waals surface area (Å²) in [6, 6.07) is 6.57. The van der Waals surface area contributed by atoms with Crippen molar-refractivity contribution in [2.24, 2.45) is 0 Å². The second-order valence-electron chi connectivity index (χ2n) is 7.01. The highest BCUT2D eigenvalue weighted by atomic mass is 32.2. The largest absolute Gasteiger partial charge is 0.379 e. The zero-order valence-corrected chi connectivity index (χ0v) is 17.1. The number of hydrogen-bond donors (Lipinski definition) is 2. The van der Waals surface area contributed by atoms with Gasteiger partial charge in [0.2, 0.25) is 10.0 Å². The maximum Gasteiger partial charge on any atom is 0.309 e. The van der Waals surface area contributed by atoms with Crippen LogP contribution in [0, 0.1) is 0 Å². The molecule has 2 fully saturated rings. The zero-order chi connectivity index (χ0) is 20.7. The first-order valence-electron chi connectivity index (χ1n) is 9.81. The van der Waals surface area contributed by atoms with Crippen LogP contribution < -0.4 is 10.6 Å². The highest BCUT2D eigenvalue weighted by molar-refractivity contribution is 7.89. The van der Waals surface area contributed by atoms with Gasteiger partial charge in [0.15, 0.2) is 0 Å². The lowest BCUT2D eigenvalue weighted by molar-refractivity contribution is -0.139. The zero-order valence-electron chi connectivity index (χ0n) is 16.3. The average molecular weight is 426 g/mol. The van der Waals surface area contributed by atoms with Crippen LogP contribution in [0.1, 0.15) is 18.4 Å². The number of nitrogens with zero attached hydrogens (tertiary/aromatic N) is 1. The number of carbonyl (C=O) groups is 2. The van der Waals surface area contributed by atoms with Crippen molar-refractivity contribution in [2.75, 3.05) is 46.0 Å². The fourth-order valence-corrected chi connectivity index (χ4v) is 4.66. The van der Waals surface area contributed by atoms with Crippen LogP contribution in [-0.2, 0) is 35.5 Å². The highest BCUT2D eigenvalue weighted by Crippen LogP contribution is 2.17. The third-order valence-corrected chi connectivity index (χ3v) is 6.86. The standard InChI is InChI=1S/C19H27N3O6S/c23-18(19(24)21-14-16-2-1-11-28-16)20-8-7-15-3-5-17(6-4-15)29(25,26)22-9-12-27-13-10-22/h3-6,16H,1-2,7-14H2,(H,20,23)(H,21,24)/t16-/m0/s1. The molecule has 160 valence electrons. The summed E-state index contributed by atoms with van der Waals surface area (Å²) in [6.45, 7) is 2.82. The monoisotopic (exact) mass is 425 g/mol. The maximum atomic E-state index is 12.6. The molecule has 2 aliphatic heterocycles. The SMILES string of the molecule is O=C(NCCc1ccc(S(=O)(=O)N2CCOCC2)cc1)C(=O)NC[C@@H]1CCCO1. The van der Waals surface area contributed by atoms with Gasteiger partial charge in [-0.1, -0.05) is 12.1 Å². The van der Waals surface area contributed by atoms with Crippen LogP contribution in [-0.4, -0.2) is 76.6 Å². The molecule has 9 nitrogen and oxygen atoms in total. The Kier molecular flexibility index (Phi) is 7.59. The van der Waals surface area contributed by atoms with Gasteiger partial charge in [-0.3, -0.25) is 9.59 Å². The molecule has 1 atom stereocenters. The molecular weight excluding hydrogens is 398 g/mol. The lowest BCUT2D eigenvalue weighted by Gasteiger charge is -2.26. The summed E-state index contributed by atoms with van der Waals surface area (Å²) < 4.78 is 37.2. The molecule has 2 amide bonds. The number of ether oxygens (including phenoxy) is 2. The minimum absolute atomic E-state index is 0.0148.